The molecule has 1 aliphatic heterocycles. The van der Waals surface area contributed by atoms with E-state index in [1.807, 2.05) is 58.6 Å². The minimum absolute atomic E-state index is 0.0339. The first-order valence-corrected chi connectivity index (χ1v) is 13.1. The normalized spacial score (nSPS) is 18.8. The Morgan fingerprint density at radius 2 is 1.39 bits per heavy atom. The van der Waals surface area contributed by atoms with Crippen LogP contribution < -0.4 is 10.6 Å². The van der Waals surface area contributed by atoms with Crippen molar-refractivity contribution in [2.45, 2.75) is 130 Å². The number of nitrogens with zero attached hydrogens (tertiary/aromatic N) is 1. The van der Waals surface area contributed by atoms with E-state index in [1.54, 1.807) is 0 Å². The standard InChI is InChI=1S/C30H51N3O3/c1-25(2,3)20-15-19(16-21(22(20)34)26(4,5)6)29(11,12)23(35)31-27(7,8)17-33-18-28(9,10)32-30(13,14)24(33)36/h15-16,32,34H,17-18H2,1-14H3,(H,31,35). The molecule has 0 spiro atoms. The molecule has 1 aromatic carbocycles. The molecule has 36 heavy (non-hydrogen) atoms. The van der Waals surface area contributed by atoms with Gasteiger partial charge in [-0.25, -0.2) is 0 Å². The van der Waals surface area contributed by atoms with Gasteiger partial charge in [0.05, 0.1) is 16.5 Å². The van der Waals surface area contributed by atoms with Gasteiger partial charge >= 0.3 is 0 Å². The van der Waals surface area contributed by atoms with Crippen LogP contribution in [-0.2, 0) is 25.8 Å². The van der Waals surface area contributed by atoms with E-state index < -0.39 is 16.5 Å². The zero-order chi connectivity index (χ0) is 28.3. The molecule has 0 radical (unpaired) electrons. The van der Waals surface area contributed by atoms with E-state index >= 15 is 0 Å². The maximum absolute atomic E-state index is 13.8. The molecule has 6 heteroatoms. The molecule has 2 amide bonds. The van der Waals surface area contributed by atoms with Crippen LogP contribution >= 0.6 is 0 Å². The van der Waals surface area contributed by atoms with Gasteiger partial charge in [0, 0.05) is 18.6 Å². The Morgan fingerprint density at radius 1 is 0.944 bits per heavy atom. The number of hydrogen-bond donors (Lipinski definition) is 3. The number of nitrogens with one attached hydrogen (secondary N) is 2. The number of phenolic OH excluding ortho intramolecular Hbond substituents is 1. The maximum Gasteiger partial charge on any atom is 0.242 e. The molecule has 0 aromatic heterocycles. The molecule has 3 N–H and O–H groups in total. The lowest BCUT2D eigenvalue weighted by atomic mass is 9.73. The first kappa shape index (κ1) is 30.1. The summed E-state index contributed by atoms with van der Waals surface area (Å²) in [7, 11) is 0. The minimum Gasteiger partial charge on any atom is -0.507 e. The van der Waals surface area contributed by atoms with Crippen LogP contribution in [0, 0.1) is 0 Å². The van der Waals surface area contributed by atoms with E-state index in [1.165, 1.54) is 0 Å². The Balaban J connectivity index is 2.40. The van der Waals surface area contributed by atoms with E-state index in [0.717, 1.165) is 16.7 Å². The van der Waals surface area contributed by atoms with Crippen molar-refractivity contribution >= 4 is 11.8 Å². The van der Waals surface area contributed by atoms with Crippen molar-refractivity contribution in [3.05, 3.63) is 28.8 Å². The van der Waals surface area contributed by atoms with Crippen LogP contribution in [0.15, 0.2) is 12.1 Å². The quantitative estimate of drug-likeness (QED) is 0.521. The summed E-state index contributed by atoms with van der Waals surface area (Å²) in [5.74, 6) is 0.225. The van der Waals surface area contributed by atoms with Crippen molar-refractivity contribution in [1.82, 2.24) is 15.5 Å². The first-order chi connectivity index (χ1) is 15.8. The summed E-state index contributed by atoms with van der Waals surface area (Å²) in [5, 5.41) is 17.8. The molecule has 1 saturated heterocycles. The van der Waals surface area contributed by atoms with E-state index in [0.29, 0.717) is 18.8 Å². The highest BCUT2D eigenvalue weighted by Crippen LogP contribution is 2.42. The van der Waals surface area contributed by atoms with Crippen LogP contribution in [-0.4, -0.2) is 51.5 Å². The largest absolute Gasteiger partial charge is 0.507 e. The second kappa shape index (κ2) is 9.04. The number of amides is 2. The summed E-state index contributed by atoms with van der Waals surface area (Å²) < 4.78 is 0. The van der Waals surface area contributed by atoms with E-state index in [9.17, 15) is 14.7 Å². The number of hydrogen-bond acceptors (Lipinski definition) is 4. The lowest BCUT2D eigenvalue weighted by Gasteiger charge is -2.49. The lowest BCUT2D eigenvalue weighted by molar-refractivity contribution is -0.145. The third kappa shape index (κ3) is 6.42. The number of phenols is 1. The van der Waals surface area contributed by atoms with Gasteiger partial charge in [0.25, 0.3) is 0 Å². The molecule has 0 unspecified atom stereocenters. The monoisotopic (exact) mass is 501 g/mol. The number of carbonyl (C=O) groups is 2. The Hall–Kier alpha value is -2.08. The Bertz CT molecular complexity index is 986. The van der Waals surface area contributed by atoms with Gasteiger partial charge < -0.3 is 15.3 Å². The van der Waals surface area contributed by atoms with Crippen molar-refractivity contribution in [1.29, 1.82) is 0 Å². The second-order valence-corrected chi connectivity index (χ2v) is 15.2. The highest BCUT2D eigenvalue weighted by Gasteiger charge is 2.45. The number of rotatable bonds is 5. The van der Waals surface area contributed by atoms with Crippen molar-refractivity contribution < 1.29 is 14.7 Å². The molecule has 2 rings (SSSR count). The molecular weight excluding hydrogens is 450 g/mol. The molecule has 0 aliphatic carbocycles. The smallest absolute Gasteiger partial charge is 0.242 e. The fourth-order valence-corrected chi connectivity index (χ4v) is 5.26. The fourth-order valence-electron chi connectivity index (χ4n) is 5.26. The van der Waals surface area contributed by atoms with Crippen LogP contribution in [0.25, 0.3) is 0 Å². The van der Waals surface area contributed by atoms with Gasteiger partial charge in [0.2, 0.25) is 11.8 Å². The average molecular weight is 502 g/mol. The number of piperazine rings is 1. The summed E-state index contributed by atoms with van der Waals surface area (Å²) in [6.07, 6.45) is 0. The Kier molecular flexibility index (Phi) is 7.57. The first-order valence-electron chi connectivity index (χ1n) is 13.1. The number of benzene rings is 1. The number of carbonyl (C=O) groups excluding carboxylic acids is 2. The van der Waals surface area contributed by atoms with Crippen molar-refractivity contribution in [3.8, 4) is 5.75 Å². The molecule has 0 atom stereocenters. The maximum atomic E-state index is 13.8. The van der Waals surface area contributed by atoms with Gasteiger partial charge in [-0.1, -0.05) is 53.7 Å². The molecule has 1 aromatic rings. The summed E-state index contributed by atoms with van der Waals surface area (Å²) in [6.45, 7) is 29.2. The van der Waals surface area contributed by atoms with Gasteiger partial charge in [-0.15, -0.1) is 0 Å². The molecular formula is C30H51N3O3. The van der Waals surface area contributed by atoms with Crippen LogP contribution in [0.1, 0.15) is 114 Å². The minimum atomic E-state index is -0.850. The summed E-state index contributed by atoms with van der Waals surface area (Å²) in [6, 6.07) is 3.95. The fraction of sp³-hybridized carbons (Fsp3) is 0.733. The molecule has 0 bridgehead atoms. The van der Waals surface area contributed by atoms with Crippen molar-refractivity contribution in [2.75, 3.05) is 13.1 Å². The van der Waals surface area contributed by atoms with Gasteiger partial charge in [-0.2, -0.15) is 0 Å². The number of aromatic hydroxyl groups is 1. The lowest BCUT2D eigenvalue weighted by Crippen LogP contribution is -2.71. The Labute approximate surface area is 219 Å². The van der Waals surface area contributed by atoms with Gasteiger partial charge in [-0.3, -0.25) is 14.9 Å². The molecule has 1 aliphatic rings. The summed E-state index contributed by atoms with van der Waals surface area (Å²) in [4.78, 5) is 28.8. The predicted octanol–water partition coefficient (Wildman–Crippen LogP) is 5.15. The van der Waals surface area contributed by atoms with Crippen LogP contribution in [0.2, 0.25) is 0 Å². The molecule has 204 valence electrons. The van der Waals surface area contributed by atoms with E-state index in [2.05, 4.69) is 66.0 Å². The molecule has 1 heterocycles. The summed E-state index contributed by atoms with van der Waals surface area (Å²) in [5.41, 5.74) is -0.412. The predicted molar refractivity (Wildman–Crippen MR) is 149 cm³/mol. The van der Waals surface area contributed by atoms with E-state index in [-0.39, 0.29) is 28.2 Å². The molecule has 1 fully saturated rings. The Morgan fingerprint density at radius 3 is 1.81 bits per heavy atom. The van der Waals surface area contributed by atoms with Crippen LogP contribution in [0.4, 0.5) is 0 Å². The van der Waals surface area contributed by atoms with Gasteiger partial charge in [0.15, 0.2) is 0 Å². The average Bonchev–Trinajstić information content (AvgIpc) is 2.62. The highest BCUT2D eigenvalue weighted by molar-refractivity contribution is 5.89. The molecule has 0 saturated carbocycles. The SMILES string of the molecule is CC(C)(CN1CC(C)(C)NC(C)(C)C1=O)NC(=O)C(C)(C)c1cc(C(C)(C)C)c(O)c(C(C)(C)C)c1. The van der Waals surface area contributed by atoms with Crippen LogP contribution in [0.3, 0.4) is 0 Å². The third-order valence-corrected chi connectivity index (χ3v) is 7.11. The highest BCUT2D eigenvalue weighted by atomic mass is 16.3. The van der Waals surface area contributed by atoms with Gasteiger partial charge in [0.1, 0.15) is 5.75 Å². The topological polar surface area (TPSA) is 81.7 Å². The third-order valence-electron chi connectivity index (χ3n) is 7.11. The molecule has 6 nitrogen and oxygen atoms in total. The zero-order valence-corrected chi connectivity index (χ0v) is 25.3. The van der Waals surface area contributed by atoms with Gasteiger partial charge in [-0.05, 0) is 82.9 Å². The zero-order valence-electron chi connectivity index (χ0n) is 25.3. The van der Waals surface area contributed by atoms with E-state index in [4.69, 9.17) is 0 Å². The van der Waals surface area contributed by atoms with Crippen molar-refractivity contribution in [3.63, 3.8) is 0 Å². The van der Waals surface area contributed by atoms with Crippen LogP contribution in [0.5, 0.6) is 5.75 Å². The summed E-state index contributed by atoms with van der Waals surface area (Å²) >= 11 is 0. The van der Waals surface area contributed by atoms with Crippen molar-refractivity contribution in [2.24, 2.45) is 0 Å². The second-order valence-electron chi connectivity index (χ2n) is 15.2.